The molecule has 2 rings (SSSR count). The molecule has 90 valence electrons. The van der Waals surface area contributed by atoms with Crippen LogP contribution >= 0.6 is 11.3 Å². The number of rotatable bonds is 4. The van der Waals surface area contributed by atoms with Gasteiger partial charge >= 0.3 is 0 Å². The van der Waals surface area contributed by atoms with Crippen LogP contribution in [0.4, 0.5) is 10.1 Å². The van der Waals surface area contributed by atoms with Crippen LogP contribution in [0.5, 0.6) is 5.75 Å². The molecule has 0 unspecified atom stereocenters. The number of aromatic nitrogens is 1. The predicted octanol–water partition coefficient (Wildman–Crippen LogP) is 2.79. The van der Waals surface area contributed by atoms with Gasteiger partial charge in [-0.1, -0.05) is 0 Å². The Labute approximate surface area is 103 Å². The van der Waals surface area contributed by atoms with Gasteiger partial charge in [0.15, 0.2) is 0 Å². The third-order valence-corrected chi connectivity index (χ3v) is 3.33. The maximum atomic E-state index is 13.0. The Hall–Kier alpha value is -1.62. The zero-order valence-corrected chi connectivity index (χ0v) is 10.3. The Balaban J connectivity index is 1.92. The molecule has 1 aromatic carbocycles. The first kappa shape index (κ1) is 11.9. The molecule has 0 aliphatic heterocycles. The van der Waals surface area contributed by atoms with Crippen molar-refractivity contribution in [3.8, 4) is 5.75 Å². The molecule has 0 amide bonds. The van der Waals surface area contributed by atoms with Crippen LogP contribution < -0.4 is 10.5 Å². The van der Waals surface area contributed by atoms with E-state index < -0.39 is 0 Å². The van der Waals surface area contributed by atoms with Crippen LogP contribution in [0.3, 0.4) is 0 Å². The quantitative estimate of drug-likeness (QED) is 0.851. The third-order valence-electron chi connectivity index (χ3n) is 2.34. The maximum absolute atomic E-state index is 13.0. The number of halogens is 1. The van der Waals surface area contributed by atoms with Crippen molar-refractivity contribution in [2.24, 2.45) is 0 Å². The molecular weight excluding hydrogens is 239 g/mol. The van der Waals surface area contributed by atoms with Gasteiger partial charge in [-0.05, 0) is 13.0 Å². The molecule has 0 atom stereocenters. The fourth-order valence-corrected chi connectivity index (χ4v) is 2.26. The summed E-state index contributed by atoms with van der Waals surface area (Å²) in [7, 11) is 0. The van der Waals surface area contributed by atoms with Crippen molar-refractivity contribution in [2.75, 3.05) is 12.3 Å². The fraction of sp³-hybridized carbons (Fsp3) is 0.250. The van der Waals surface area contributed by atoms with Gasteiger partial charge in [0.1, 0.15) is 11.6 Å². The number of aryl methyl sites for hydroxylation is 1. The van der Waals surface area contributed by atoms with Gasteiger partial charge in [0.25, 0.3) is 0 Å². The largest absolute Gasteiger partial charge is 0.493 e. The molecule has 1 heterocycles. The lowest BCUT2D eigenvalue weighted by Crippen LogP contribution is -2.02. The molecule has 1 aromatic heterocycles. The molecule has 0 fully saturated rings. The summed E-state index contributed by atoms with van der Waals surface area (Å²) in [5.41, 5.74) is 8.73. The van der Waals surface area contributed by atoms with Gasteiger partial charge in [-0.15, -0.1) is 11.3 Å². The highest BCUT2D eigenvalue weighted by Crippen LogP contribution is 2.19. The van der Waals surface area contributed by atoms with Gasteiger partial charge in [0.05, 0.1) is 17.8 Å². The van der Waals surface area contributed by atoms with Crippen molar-refractivity contribution < 1.29 is 9.13 Å². The number of anilines is 1. The van der Waals surface area contributed by atoms with E-state index in [4.69, 9.17) is 10.5 Å². The minimum Gasteiger partial charge on any atom is -0.493 e. The van der Waals surface area contributed by atoms with Crippen molar-refractivity contribution in [1.82, 2.24) is 4.98 Å². The molecule has 0 aliphatic carbocycles. The summed E-state index contributed by atoms with van der Waals surface area (Å²) < 4.78 is 18.5. The number of nitrogens with zero attached hydrogens (tertiary/aromatic N) is 1. The van der Waals surface area contributed by atoms with Gasteiger partial charge in [-0.2, -0.15) is 0 Å². The van der Waals surface area contributed by atoms with E-state index in [0.717, 1.165) is 12.1 Å². The molecule has 17 heavy (non-hydrogen) atoms. The second-order valence-corrected chi connectivity index (χ2v) is 4.62. The van der Waals surface area contributed by atoms with E-state index in [1.165, 1.54) is 17.0 Å². The van der Waals surface area contributed by atoms with Crippen molar-refractivity contribution >= 4 is 17.0 Å². The van der Waals surface area contributed by atoms with Crippen LogP contribution in [0, 0.1) is 12.7 Å². The summed E-state index contributed by atoms with van der Waals surface area (Å²) in [5.74, 6) is 0.0821. The first-order valence-corrected chi connectivity index (χ1v) is 6.11. The number of ether oxygens (including phenoxy) is 1. The zero-order valence-electron chi connectivity index (χ0n) is 9.44. The lowest BCUT2D eigenvalue weighted by molar-refractivity contribution is 0.321. The van der Waals surface area contributed by atoms with Gasteiger partial charge in [0, 0.05) is 29.1 Å². The van der Waals surface area contributed by atoms with Crippen molar-refractivity contribution in [3.05, 3.63) is 40.1 Å². The lowest BCUT2D eigenvalue weighted by Gasteiger charge is -2.06. The van der Waals surface area contributed by atoms with Crippen LogP contribution in [-0.2, 0) is 6.42 Å². The molecule has 5 heteroatoms. The maximum Gasteiger partial charge on any atom is 0.128 e. The zero-order chi connectivity index (χ0) is 12.3. The fourth-order valence-electron chi connectivity index (χ4n) is 1.50. The van der Waals surface area contributed by atoms with Gasteiger partial charge < -0.3 is 10.5 Å². The van der Waals surface area contributed by atoms with Crippen molar-refractivity contribution in [3.63, 3.8) is 0 Å². The topological polar surface area (TPSA) is 48.1 Å². The normalized spacial score (nSPS) is 10.5. The second kappa shape index (κ2) is 5.14. The molecule has 2 aromatic rings. The standard InChI is InChI=1S/C12H13FN2OS/c1-8-12(17-7-15-8)2-3-16-11-5-9(13)4-10(14)6-11/h4-7H,2-3,14H2,1H3. The molecule has 0 aliphatic rings. The molecule has 0 bridgehead atoms. The molecule has 3 nitrogen and oxygen atoms in total. The lowest BCUT2D eigenvalue weighted by atomic mass is 10.3. The molecular formula is C12H13FN2OS. The summed E-state index contributed by atoms with van der Waals surface area (Å²) in [6.07, 6.45) is 0.771. The van der Waals surface area contributed by atoms with Crippen LogP contribution in [0.25, 0.3) is 0 Å². The molecule has 0 radical (unpaired) electrons. The van der Waals surface area contributed by atoms with Gasteiger partial charge in [-0.3, -0.25) is 0 Å². The molecule has 0 saturated heterocycles. The minimum atomic E-state index is -0.381. The van der Waals surface area contributed by atoms with Crippen LogP contribution in [0.1, 0.15) is 10.6 Å². The number of thiazole rings is 1. The highest BCUT2D eigenvalue weighted by atomic mass is 32.1. The van der Waals surface area contributed by atoms with E-state index in [0.29, 0.717) is 18.0 Å². The summed E-state index contributed by atoms with van der Waals surface area (Å²) in [6, 6.07) is 4.21. The highest BCUT2D eigenvalue weighted by molar-refractivity contribution is 7.09. The van der Waals surface area contributed by atoms with Crippen LogP contribution in [-0.4, -0.2) is 11.6 Å². The summed E-state index contributed by atoms with van der Waals surface area (Å²) in [5, 5.41) is 0. The molecule has 0 spiro atoms. The van der Waals surface area contributed by atoms with Crippen LogP contribution in [0.15, 0.2) is 23.7 Å². The minimum absolute atomic E-state index is 0.369. The average molecular weight is 252 g/mol. The van der Waals surface area contributed by atoms with Gasteiger partial charge in [-0.25, -0.2) is 9.37 Å². The summed E-state index contributed by atoms with van der Waals surface area (Å²) in [4.78, 5) is 5.34. The van der Waals surface area contributed by atoms with E-state index in [1.54, 1.807) is 17.4 Å². The van der Waals surface area contributed by atoms with Gasteiger partial charge in [0.2, 0.25) is 0 Å². The van der Waals surface area contributed by atoms with Crippen molar-refractivity contribution in [1.29, 1.82) is 0 Å². The number of hydrogen-bond donors (Lipinski definition) is 1. The Morgan fingerprint density at radius 1 is 1.41 bits per heavy atom. The monoisotopic (exact) mass is 252 g/mol. The Morgan fingerprint density at radius 2 is 2.24 bits per heavy atom. The first-order chi connectivity index (χ1) is 8.15. The van der Waals surface area contributed by atoms with Crippen molar-refractivity contribution in [2.45, 2.75) is 13.3 Å². The van der Waals surface area contributed by atoms with E-state index in [1.807, 2.05) is 12.4 Å². The predicted molar refractivity (Wildman–Crippen MR) is 66.9 cm³/mol. The molecule has 2 N–H and O–H groups in total. The van der Waals surface area contributed by atoms with E-state index in [-0.39, 0.29) is 5.82 Å². The molecule has 0 saturated carbocycles. The van der Waals surface area contributed by atoms with E-state index >= 15 is 0 Å². The average Bonchev–Trinajstić information content (AvgIpc) is 2.63. The number of hydrogen-bond acceptors (Lipinski definition) is 4. The first-order valence-electron chi connectivity index (χ1n) is 5.23. The number of nitrogen functional groups attached to an aromatic ring is 1. The number of benzene rings is 1. The highest BCUT2D eigenvalue weighted by Gasteiger charge is 2.03. The second-order valence-electron chi connectivity index (χ2n) is 3.68. The third kappa shape index (κ3) is 3.17. The van der Waals surface area contributed by atoms with E-state index in [9.17, 15) is 4.39 Å². The van der Waals surface area contributed by atoms with Crippen LogP contribution in [0.2, 0.25) is 0 Å². The number of nitrogens with two attached hydrogens (primary N) is 1. The summed E-state index contributed by atoms with van der Waals surface area (Å²) >= 11 is 1.60. The summed E-state index contributed by atoms with van der Waals surface area (Å²) in [6.45, 7) is 2.46. The smallest absolute Gasteiger partial charge is 0.128 e. The van der Waals surface area contributed by atoms with E-state index in [2.05, 4.69) is 4.98 Å². The Kier molecular flexibility index (Phi) is 3.58. The Bertz CT molecular complexity index is 493. The Morgan fingerprint density at radius 3 is 2.88 bits per heavy atom. The SMILES string of the molecule is Cc1ncsc1CCOc1cc(N)cc(F)c1.